The molecule has 0 aromatic heterocycles. The minimum absolute atomic E-state index is 0.0470. The molecule has 38 heavy (non-hydrogen) atoms. The molecule has 2 heterocycles. The van der Waals surface area contributed by atoms with Crippen molar-refractivity contribution in [2.75, 3.05) is 19.6 Å². The van der Waals surface area contributed by atoms with E-state index in [0.717, 1.165) is 50.8 Å². The molecule has 1 saturated heterocycles. The van der Waals surface area contributed by atoms with Crippen molar-refractivity contribution in [2.45, 2.75) is 77.9 Å². The van der Waals surface area contributed by atoms with Crippen LogP contribution in [0, 0.1) is 45.8 Å². The molecule has 4 aliphatic carbocycles. The summed E-state index contributed by atoms with van der Waals surface area (Å²) in [4.78, 5) is 29.9. The number of carboxylic acid groups (broad SMARTS) is 1. The Kier molecular flexibility index (Phi) is 5.60. The molecular weight excluding hydrogens is 474 g/mol. The van der Waals surface area contributed by atoms with Crippen LogP contribution >= 0.6 is 0 Å². The van der Waals surface area contributed by atoms with E-state index in [-0.39, 0.29) is 30.0 Å². The van der Waals surface area contributed by atoms with Crippen LogP contribution in [0.4, 0.5) is 0 Å². The number of hydrogen-bond donors (Lipinski definition) is 1. The predicted molar refractivity (Wildman–Crippen MR) is 145 cm³/mol. The van der Waals surface area contributed by atoms with E-state index >= 15 is 0 Å². The first-order valence-corrected chi connectivity index (χ1v) is 15.2. The second-order valence-corrected chi connectivity index (χ2v) is 13.9. The Bertz CT molecular complexity index is 1190. The van der Waals surface area contributed by atoms with Gasteiger partial charge >= 0.3 is 5.97 Å². The Morgan fingerprint density at radius 2 is 1.87 bits per heavy atom. The third-order valence-electron chi connectivity index (χ3n) is 12.3. The van der Waals surface area contributed by atoms with Gasteiger partial charge in [0.05, 0.1) is 17.6 Å². The molecule has 1 aromatic rings. The van der Waals surface area contributed by atoms with E-state index in [2.05, 4.69) is 56.0 Å². The highest BCUT2D eigenvalue weighted by Crippen LogP contribution is 2.86. The predicted octanol–water partition coefficient (Wildman–Crippen LogP) is 6.21. The highest BCUT2D eigenvalue weighted by Gasteiger charge is 2.86. The van der Waals surface area contributed by atoms with Gasteiger partial charge in [0.25, 0.3) is 0 Å². The average molecular weight is 518 g/mol. The fourth-order valence-electron chi connectivity index (χ4n) is 11.0. The summed E-state index contributed by atoms with van der Waals surface area (Å²) in [5.41, 5.74) is 0.708. The Hall–Kier alpha value is -1.98. The van der Waals surface area contributed by atoms with Crippen LogP contribution in [0.1, 0.15) is 89.1 Å². The molecule has 7 rings (SSSR count). The van der Waals surface area contributed by atoms with Gasteiger partial charge in [-0.15, -0.1) is 0 Å². The number of rotatable bonds is 6. The number of likely N-dealkylation sites (tertiary alicyclic amines) is 1. The lowest BCUT2D eigenvalue weighted by Gasteiger charge is -2.60. The minimum atomic E-state index is -1.20. The number of carbonyl (C=O) groups is 2. The van der Waals surface area contributed by atoms with Crippen molar-refractivity contribution in [3.63, 3.8) is 0 Å². The van der Waals surface area contributed by atoms with Crippen molar-refractivity contribution in [1.82, 2.24) is 4.90 Å². The largest absolute Gasteiger partial charge is 0.481 e. The first-order chi connectivity index (χ1) is 18.3. The molecule has 6 aliphatic rings. The van der Waals surface area contributed by atoms with Crippen LogP contribution in [0.2, 0.25) is 0 Å². The van der Waals surface area contributed by atoms with Gasteiger partial charge in [-0.25, -0.2) is 0 Å². The molecular formula is C33H43NO4. The van der Waals surface area contributed by atoms with Crippen LogP contribution in [-0.4, -0.2) is 41.9 Å². The number of ether oxygens (including phenoxy) is 1. The van der Waals surface area contributed by atoms with Crippen LogP contribution in [0.25, 0.3) is 0 Å². The van der Waals surface area contributed by atoms with Gasteiger partial charge in [0.15, 0.2) is 0 Å². The maximum atomic E-state index is 14.0. The molecule has 5 heteroatoms. The van der Waals surface area contributed by atoms with Crippen molar-refractivity contribution < 1.29 is 19.4 Å². The number of aliphatic carboxylic acids is 1. The summed E-state index contributed by atoms with van der Waals surface area (Å²) in [6.07, 6.45) is 10.4. The van der Waals surface area contributed by atoms with Crippen LogP contribution in [0.3, 0.4) is 0 Å². The second-order valence-electron chi connectivity index (χ2n) is 13.9. The molecule has 4 bridgehead atoms. The van der Waals surface area contributed by atoms with Gasteiger partial charge in [0.2, 0.25) is 0 Å². The molecule has 4 fully saturated rings. The smallest absolute Gasteiger partial charge is 0.315 e. The maximum absolute atomic E-state index is 14.0. The van der Waals surface area contributed by atoms with Gasteiger partial charge < -0.3 is 19.5 Å². The fourth-order valence-corrected chi connectivity index (χ4v) is 11.0. The molecule has 6 unspecified atom stereocenters. The van der Waals surface area contributed by atoms with Crippen LogP contribution in [-0.2, 0) is 14.3 Å². The lowest BCUT2D eigenvalue weighted by molar-refractivity contribution is -0.203. The molecule has 0 amide bonds. The zero-order chi connectivity index (χ0) is 26.4. The number of carboxylic acids is 1. The average Bonchev–Trinajstić information content (AvgIpc) is 3.60. The van der Waals surface area contributed by atoms with Gasteiger partial charge in [0.1, 0.15) is 11.7 Å². The van der Waals surface area contributed by atoms with E-state index in [4.69, 9.17) is 4.74 Å². The van der Waals surface area contributed by atoms with E-state index in [9.17, 15) is 14.7 Å². The Morgan fingerprint density at radius 1 is 1.13 bits per heavy atom. The van der Waals surface area contributed by atoms with Gasteiger partial charge in [-0.3, -0.25) is 4.79 Å². The first kappa shape index (κ1) is 25.0. The molecule has 2 aliphatic heterocycles. The normalized spacial score (nSPS) is 45.2. The topological polar surface area (TPSA) is 66.8 Å². The molecule has 0 radical (unpaired) electrons. The van der Waals surface area contributed by atoms with Crippen LogP contribution < -0.4 is 0 Å². The third-order valence-corrected chi connectivity index (χ3v) is 12.3. The molecule has 1 N–H and O–H groups in total. The molecule has 1 aromatic carbocycles. The lowest BCUT2D eigenvalue weighted by atomic mass is 9.41. The number of aldehydes is 1. The summed E-state index contributed by atoms with van der Waals surface area (Å²) in [6.45, 7) is 9.64. The quantitative estimate of drug-likeness (QED) is 0.359. The number of benzene rings is 1. The zero-order valence-electron chi connectivity index (χ0n) is 23.2. The summed E-state index contributed by atoms with van der Waals surface area (Å²) >= 11 is 0. The number of carbonyl (C=O) groups excluding carboxylic acids is 1. The number of hydrogen-bond acceptors (Lipinski definition) is 4. The highest BCUT2D eigenvalue weighted by molar-refractivity contribution is 5.90. The third kappa shape index (κ3) is 2.80. The van der Waals surface area contributed by atoms with Gasteiger partial charge in [-0.2, -0.15) is 0 Å². The Labute approximate surface area is 227 Å². The molecule has 3 saturated carbocycles. The number of fused-ring (bicyclic) bond motifs is 3. The van der Waals surface area contributed by atoms with E-state index in [1.165, 1.54) is 30.4 Å². The summed E-state index contributed by atoms with van der Waals surface area (Å²) in [5, 5.41) is 11.4. The molecule has 5 nitrogen and oxygen atoms in total. The summed E-state index contributed by atoms with van der Waals surface area (Å²) < 4.78 is 7.20. The lowest BCUT2D eigenvalue weighted by Crippen LogP contribution is -2.63. The van der Waals surface area contributed by atoms with E-state index in [1.54, 1.807) is 0 Å². The van der Waals surface area contributed by atoms with E-state index in [1.807, 2.05) is 0 Å². The molecule has 204 valence electrons. The van der Waals surface area contributed by atoms with E-state index < -0.39 is 22.2 Å². The van der Waals surface area contributed by atoms with Crippen LogP contribution in [0.5, 0.6) is 0 Å². The summed E-state index contributed by atoms with van der Waals surface area (Å²) in [6, 6.07) is 8.59. The van der Waals surface area contributed by atoms with Gasteiger partial charge in [-0.05, 0) is 85.9 Å². The zero-order valence-corrected chi connectivity index (χ0v) is 23.2. The van der Waals surface area contributed by atoms with Gasteiger partial charge in [0, 0.05) is 12.0 Å². The van der Waals surface area contributed by atoms with E-state index in [0.29, 0.717) is 18.3 Å². The number of nitrogens with zero attached hydrogens (tertiary/aromatic N) is 1. The van der Waals surface area contributed by atoms with Crippen molar-refractivity contribution >= 4 is 12.3 Å². The Balaban J connectivity index is 1.41. The Morgan fingerprint density at radius 3 is 2.55 bits per heavy atom. The van der Waals surface area contributed by atoms with Crippen molar-refractivity contribution in [3.8, 4) is 0 Å². The van der Waals surface area contributed by atoms with Crippen molar-refractivity contribution in [2.24, 2.45) is 45.8 Å². The summed E-state index contributed by atoms with van der Waals surface area (Å²) in [5.74, 6) is 0.354. The maximum Gasteiger partial charge on any atom is 0.315 e. The monoisotopic (exact) mass is 517 g/mol. The molecule has 0 spiro atoms. The second kappa shape index (κ2) is 8.51. The fraction of sp³-hybridized carbons (Fsp3) is 0.697. The summed E-state index contributed by atoms with van der Waals surface area (Å²) in [7, 11) is 0. The van der Waals surface area contributed by atoms with Crippen molar-refractivity contribution in [1.29, 1.82) is 0 Å². The van der Waals surface area contributed by atoms with Crippen LogP contribution in [0.15, 0.2) is 35.9 Å². The minimum Gasteiger partial charge on any atom is -0.481 e. The standard InChI is InChI=1S/C33H43NO4/c1-20(2)27-15-22-16-31(19-35)26-12-11-21(3)25(26)17-32(22,33(27,31)30(36)37)29-24-10-6-5-9-23(24)28(38-29)18-34-13-7-4-8-14-34/h5-6,9-10,15,19-22,25-26,28-29H,4,7-8,11-14,16-18H2,1-3H3,(H,36,37)/t21-,22?,25-,26-,28?,29?,31?,32?,33?/m1/s1. The molecule has 9 atom stereocenters. The SMILES string of the molecule is CC(C)C1=CC2CC3(C=O)[C@@H]4CC[C@@H](C)[C@H]4CC2(C2OC(CN4CCCCC4)c4ccccc42)C13C(=O)O. The van der Waals surface area contributed by atoms with Gasteiger partial charge in [-0.1, -0.05) is 69.5 Å². The van der Waals surface area contributed by atoms with Crippen molar-refractivity contribution in [3.05, 3.63) is 47.0 Å². The first-order valence-electron chi connectivity index (χ1n) is 15.2. The number of allylic oxidation sites excluding steroid dienone is 1. The highest BCUT2D eigenvalue weighted by atomic mass is 16.5. The number of piperidine rings is 1.